The molecule has 1 aromatic carbocycles. The number of benzene rings is 1. The number of hydrogen-bond donors (Lipinski definition) is 2. The summed E-state index contributed by atoms with van der Waals surface area (Å²) in [6.45, 7) is 2.78. The summed E-state index contributed by atoms with van der Waals surface area (Å²) in [5.41, 5.74) is 7.39. The molecule has 118 valence electrons. The fourth-order valence-electron chi connectivity index (χ4n) is 1.76. The van der Waals surface area contributed by atoms with Gasteiger partial charge in [-0.3, -0.25) is 0 Å². The first-order valence-electron chi connectivity index (χ1n) is 6.97. The van der Waals surface area contributed by atoms with Crippen molar-refractivity contribution in [1.29, 1.82) is 0 Å². The lowest BCUT2D eigenvalue weighted by atomic mass is 10.1. The average molecular weight is 296 g/mol. The molecule has 0 unspecified atom stereocenters. The molecule has 0 spiro atoms. The number of nitrogens with one attached hydrogen (secondary N) is 1. The van der Waals surface area contributed by atoms with Gasteiger partial charge in [0, 0.05) is 31.6 Å². The van der Waals surface area contributed by atoms with E-state index in [0.29, 0.717) is 24.5 Å². The Bertz CT molecular complexity index is 438. The maximum Gasteiger partial charge on any atom is 0.340 e. The van der Waals surface area contributed by atoms with Crippen LogP contribution in [0.4, 0.5) is 11.4 Å². The third-order valence-electron chi connectivity index (χ3n) is 2.93. The summed E-state index contributed by atoms with van der Waals surface area (Å²) in [6.07, 6.45) is 1.94. The molecular formula is C15H24N2O4. The molecule has 6 heteroatoms. The minimum Gasteiger partial charge on any atom is -0.465 e. The van der Waals surface area contributed by atoms with E-state index in [1.165, 1.54) is 7.11 Å². The van der Waals surface area contributed by atoms with Crippen LogP contribution in [0, 0.1) is 0 Å². The second kappa shape index (κ2) is 10.0. The molecule has 0 saturated heterocycles. The Morgan fingerprint density at radius 1 is 1.19 bits per heavy atom. The van der Waals surface area contributed by atoms with Crippen molar-refractivity contribution in [2.45, 2.75) is 12.8 Å². The van der Waals surface area contributed by atoms with Crippen LogP contribution in [0.1, 0.15) is 23.2 Å². The number of nitrogens with two attached hydrogens (primary N) is 1. The molecule has 1 aromatic rings. The number of methoxy groups -OCH3 is 2. The van der Waals surface area contributed by atoms with E-state index in [-0.39, 0.29) is 0 Å². The summed E-state index contributed by atoms with van der Waals surface area (Å²) in [5.74, 6) is -0.428. The number of rotatable bonds is 10. The van der Waals surface area contributed by atoms with E-state index in [1.807, 2.05) is 6.07 Å². The minimum atomic E-state index is -0.428. The largest absolute Gasteiger partial charge is 0.465 e. The highest BCUT2D eigenvalue weighted by Crippen LogP contribution is 2.18. The van der Waals surface area contributed by atoms with Gasteiger partial charge < -0.3 is 25.3 Å². The van der Waals surface area contributed by atoms with Crippen LogP contribution in [0.15, 0.2) is 18.2 Å². The van der Waals surface area contributed by atoms with Gasteiger partial charge in [-0.05, 0) is 31.0 Å². The number of unbranched alkanes of at least 4 members (excludes halogenated alkanes) is 1. The van der Waals surface area contributed by atoms with Gasteiger partial charge in [0.15, 0.2) is 0 Å². The first-order valence-corrected chi connectivity index (χ1v) is 6.97. The maximum atomic E-state index is 11.5. The lowest BCUT2D eigenvalue weighted by molar-refractivity contribution is 0.0602. The fraction of sp³-hybridized carbons (Fsp3) is 0.533. The molecular weight excluding hydrogens is 272 g/mol. The van der Waals surface area contributed by atoms with Crippen LogP contribution < -0.4 is 11.1 Å². The van der Waals surface area contributed by atoms with Crippen LogP contribution in [-0.2, 0) is 14.2 Å². The number of esters is 1. The molecule has 0 saturated carbocycles. The molecule has 0 aliphatic heterocycles. The van der Waals surface area contributed by atoms with Gasteiger partial charge in [0.05, 0.1) is 25.9 Å². The third-order valence-corrected chi connectivity index (χ3v) is 2.93. The molecule has 0 amide bonds. The molecule has 0 aliphatic carbocycles. The minimum absolute atomic E-state index is 0.380. The summed E-state index contributed by atoms with van der Waals surface area (Å²) in [7, 11) is 2.99. The molecule has 0 radical (unpaired) electrons. The van der Waals surface area contributed by atoms with Gasteiger partial charge in [-0.1, -0.05) is 0 Å². The zero-order valence-electron chi connectivity index (χ0n) is 12.7. The molecule has 3 N–H and O–H groups in total. The second-order valence-corrected chi connectivity index (χ2v) is 4.53. The first kappa shape index (κ1) is 17.3. The van der Waals surface area contributed by atoms with Gasteiger partial charge in [-0.25, -0.2) is 4.79 Å². The fourth-order valence-corrected chi connectivity index (χ4v) is 1.76. The van der Waals surface area contributed by atoms with Crippen molar-refractivity contribution in [1.82, 2.24) is 0 Å². The molecule has 0 atom stereocenters. The normalized spacial score (nSPS) is 10.4. The maximum absolute atomic E-state index is 11.5. The van der Waals surface area contributed by atoms with Crippen molar-refractivity contribution >= 4 is 17.3 Å². The molecule has 0 aromatic heterocycles. The van der Waals surface area contributed by atoms with Gasteiger partial charge in [0.25, 0.3) is 0 Å². The van der Waals surface area contributed by atoms with Gasteiger partial charge in [-0.15, -0.1) is 0 Å². The summed E-state index contributed by atoms with van der Waals surface area (Å²) >= 11 is 0. The van der Waals surface area contributed by atoms with Crippen molar-refractivity contribution in [3.05, 3.63) is 23.8 Å². The number of carbonyl (C=O) groups is 1. The topological polar surface area (TPSA) is 82.8 Å². The van der Waals surface area contributed by atoms with Gasteiger partial charge in [-0.2, -0.15) is 0 Å². The SMILES string of the molecule is COCCOCCCCNc1ccc(N)c(C(=O)OC)c1. The van der Waals surface area contributed by atoms with E-state index in [1.54, 1.807) is 19.2 Å². The monoisotopic (exact) mass is 296 g/mol. The van der Waals surface area contributed by atoms with Gasteiger partial charge in [0.1, 0.15) is 0 Å². The molecule has 0 aliphatic rings. The van der Waals surface area contributed by atoms with E-state index in [0.717, 1.165) is 31.7 Å². The summed E-state index contributed by atoms with van der Waals surface area (Å²) in [5, 5.41) is 3.25. The zero-order chi connectivity index (χ0) is 15.5. The number of anilines is 2. The predicted molar refractivity (Wildman–Crippen MR) is 82.6 cm³/mol. The van der Waals surface area contributed by atoms with E-state index >= 15 is 0 Å². The van der Waals surface area contributed by atoms with Crippen molar-refractivity contribution in [2.75, 3.05) is 51.6 Å². The Morgan fingerprint density at radius 3 is 2.71 bits per heavy atom. The van der Waals surface area contributed by atoms with Gasteiger partial charge in [0.2, 0.25) is 0 Å². The molecule has 6 nitrogen and oxygen atoms in total. The summed E-state index contributed by atoms with van der Waals surface area (Å²) < 4.78 is 15.0. The van der Waals surface area contributed by atoms with E-state index in [9.17, 15) is 4.79 Å². The molecule has 1 rings (SSSR count). The Morgan fingerprint density at radius 2 is 2.00 bits per heavy atom. The first-order chi connectivity index (χ1) is 10.2. The lowest BCUT2D eigenvalue weighted by Gasteiger charge is -2.10. The van der Waals surface area contributed by atoms with Crippen molar-refractivity contribution in [2.24, 2.45) is 0 Å². The Balaban J connectivity index is 2.28. The highest BCUT2D eigenvalue weighted by molar-refractivity contribution is 5.96. The van der Waals surface area contributed by atoms with E-state index in [2.05, 4.69) is 10.1 Å². The van der Waals surface area contributed by atoms with E-state index in [4.69, 9.17) is 15.2 Å². The van der Waals surface area contributed by atoms with Crippen LogP contribution in [0.5, 0.6) is 0 Å². The van der Waals surface area contributed by atoms with Crippen LogP contribution in [0.3, 0.4) is 0 Å². The third kappa shape index (κ3) is 6.46. The zero-order valence-corrected chi connectivity index (χ0v) is 12.7. The molecule has 21 heavy (non-hydrogen) atoms. The standard InChI is InChI=1S/C15H24N2O4/c1-19-9-10-21-8-4-3-7-17-12-5-6-14(16)13(11-12)15(18)20-2/h5-6,11,17H,3-4,7-10,16H2,1-2H3. The summed E-state index contributed by atoms with van der Waals surface area (Å²) in [4.78, 5) is 11.5. The lowest BCUT2D eigenvalue weighted by Crippen LogP contribution is -2.09. The van der Waals surface area contributed by atoms with E-state index < -0.39 is 5.97 Å². The quantitative estimate of drug-likeness (QED) is 0.390. The van der Waals surface area contributed by atoms with Crippen LogP contribution >= 0.6 is 0 Å². The number of hydrogen-bond acceptors (Lipinski definition) is 6. The van der Waals surface area contributed by atoms with Crippen LogP contribution in [0.25, 0.3) is 0 Å². The average Bonchev–Trinajstić information content (AvgIpc) is 2.50. The number of carbonyl (C=O) groups excluding carboxylic acids is 1. The molecule has 0 heterocycles. The van der Waals surface area contributed by atoms with Crippen molar-refractivity contribution < 1.29 is 19.0 Å². The van der Waals surface area contributed by atoms with Gasteiger partial charge >= 0.3 is 5.97 Å². The number of ether oxygens (including phenoxy) is 3. The highest BCUT2D eigenvalue weighted by atomic mass is 16.5. The smallest absolute Gasteiger partial charge is 0.340 e. The van der Waals surface area contributed by atoms with Crippen LogP contribution in [0.2, 0.25) is 0 Å². The Kier molecular flexibility index (Phi) is 8.23. The Hall–Kier alpha value is -1.79. The second-order valence-electron chi connectivity index (χ2n) is 4.53. The number of nitrogen functional groups attached to an aromatic ring is 1. The summed E-state index contributed by atoms with van der Waals surface area (Å²) in [6, 6.07) is 5.25. The predicted octanol–water partition coefficient (Wildman–Crippen LogP) is 1.91. The van der Waals surface area contributed by atoms with Crippen LogP contribution in [-0.4, -0.2) is 46.6 Å². The van der Waals surface area contributed by atoms with Crippen molar-refractivity contribution in [3.8, 4) is 0 Å². The van der Waals surface area contributed by atoms with Crippen molar-refractivity contribution in [3.63, 3.8) is 0 Å². The molecule has 0 bridgehead atoms. The molecule has 0 fully saturated rings. The Labute approximate surface area is 125 Å². The highest BCUT2D eigenvalue weighted by Gasteiger charge is 2.10.